The first-order chi connectivity index (χ1) is 9.57. The van der Waals surface area contributed by atoms with Gasteiger partial charge in [-0.3, -0.25) is 14.9 Å². The van der Waals surface area contributed by atoms with Crippen LogP contribution >= 0.6 is 0 Å². The van der Waals surface area contributed by atoms with Crippen molar-refractivity contribution in [1.29, 1.82) is 0 Å². The quantitative estimate of drug-likeness (QED) is 0.270. The molecule has 0 aliphatic rings. The number of nitro benzene ring substituents is 1. The monoisotopic (exact) mass is 282 g/mol. The molecule has 8 nitrogen and oxygen atoms in total. The Bertz CT molecular complexity index is 479. The second-order valence-corrected chi connectivity index (χ2v) is 3.99. The molecule has 0 aromatic heterocycles. The average Bonchev–Trinajstić information content (AvgIpc) is 2.42. The predicted octanol–water partition coefficient (Wildman–Crippen LogP) is 0.143. The lowest BCUT2D eigenvalue weighted by molar-refractivity contribution is -0.383. The lowest BCUT2D eigenvalue weighted by Crippen LogP contribution is -2.33. The SMILES string of the molecule is COCCNCCNC(=O)c1cccc([N+](=O)[O-])c1N. The van der Waals surface area contributed by atoms with E-state index in [2.05, 4.69) is 10.6 Å². The number of rotatable bonds is 8. The molecule has 0 fully saturated rings. The summed E-state index contributed by atoms with van der Waals surface area (Å²) in [6, 6.07) is 4.15. The first kappa shape index (κ1) is 15.9. The Morgan fingerprint density at radius 2 is 2.15 bits per heavy atom. The van der Waals surface area contributed by atoms with E-state index >= 15 is 0 Å². The molecular weight excluding hydrogens is 264 g/mol. The van der Waals surface area contributed by atoms with Gasteiger partial charge in [0.25, 0.3) is 11.6 Å². The molecule has 4 N–H and O–H groups in total. The van der Waals surface area contributed by atoms with Crippen molar-refractivity contribution in [2.24, 2.45) is 0 Å². The summed E-state index contributed by atoms with van der Waals surface area (Å²) in [4.78, 5) is 22.0. The molecule has 20 heavy (non-hydrogen) atoms. The zero-order chi connectivity index (χ0) is 15.0. The number of ether oxygens (including phenoxy) is 1. The maximum atomic E-state index is 11.9. The Balaban J connectivity index is 2.52. The van der Waals surface area contributed by atoms with Crippen LogP contribution in [0.4, 0.5) is 11.4 Å². The summed E-state index contributed by atoms with van der Waals surface area (Å²) in [6.45, 7) is 2.24. The van der Waals surface area contributed by atoms with Crippen LogP contribution in [0.25, 0.3) is 0 Å². The molecule has 0 saturated heterocycles. The van der Waals surface area contributed by atoms with Crippen molar-refractivity contribution >= 4 is 17.3 Å². The lowest BCUT2D eigenvalue weighted by atomic mass is 10.1. The van der Waals surface area contributed by atoms with Crippen LogP contribution in [-0.2, 0) is 4.74 Å². The number of nitrogens with zero attached hydrogens (tertiary/aromatic N) is 1. The predicted molar refractivity (Wildman–Crippen MR) is 74.6 cm³/mol. The van der Waals surface area contributed by atoms with Gasteiger partial charge in [0.05, 0.1) is 17.1 Å². The largest absolute Gasteiger partial charge is 0.393 e. The zero-order valence-corrected chi connectivity index (χ0v) is 11.2. The summed E-state index contributed by atoms with van der Waals surface area (Å²) in [7, 11) is 1.61. The minimum atomic E-state index is -0.613. The summed E-state index contributed by atoms with van der Waals surface area (Å²) in [6.07, 6.45) is 0. The van der Waals surface area contributed by atoms with Gasteiger partial charge >= 0.3 is 0 Å². The normalized spacial score (nSPS) is 10.2. The highest BCUT2D eigenvalue weighted by atomic mass is 16.6. The molecule has 0 spiro atoms. The molecule has 1 aromatic rings. The van der Waals surface area contributed by atoms with Gasteiger partial charge in [-0.15, -0.1) is 0 Å². The number of carbonyl (C=O) groups is 1. The number of para-hydroxylation sites is 1. The van der Waals surface area contributed by atoms with Gasteiger partial charge in [-0.1, -0.05) is 6.07 Å². The lowest BCUT2D eigenvalue weighted by Gasteiger charge is -2.08. The van der Waals surface area contributed by atoms with Crippen molar-refractivity contribution in [2.45, 2.75) is 0 Å². The third-order valence-electron chi connectivity index (χ3n) is 2.59. The minimum absolute atomic E-state index is 0.107. The number of benzene rings is 1. The number of nitrogens with two attached hydrogens (primary N) is 1. The van der Waals surface area contributed by atoms with Crippen molar-refractivity contribution < 1.29 is 14.5 Å². The number of anilines is 1. The number of nitro groups is 1. The Morgan fingerprint density at radius 1 is 1.40 bits per heavy atom. The van der Waals surface area contributed by atoms with Gasteiger partial charge < -0.3 is 21.1 Å². The van der Waals surface area contributed by atoms with E-state index in [4.69, 9.17) is 10.5 Å². The molecule has 0 bridgehead atoms. The van der Waals surface area contributed by atoms with Gasteiger partial charge in [-0.25, -0.2) is 0 Å². The van der Waals surface area contributed by atoms with Crippen LogP contribution < -0.4 is 16.4 Å². The highest BCUT2D eigenvalue weighted by Gasteiger charge is 2.18. The third-order valence-corrected chi connectivity index (χ3v) is 2.59. The molecule has 0 unspecified atom stereocenters. The van der Waals surface area contributed by atoms with Gasteiger partial charge in [0.2, 0.25) is 0 Å². The first-order valence-electron chi connectivity index (χ1n) is 6.08. The topological polar surface area (TPSA) is 120 Å². The Labute approximate surface area is 116 Å². The number of hydrogen-bond acceptors (Lipinski definition) is 6. The fourth-order valence-electron chi connectivity index (χ4n) is 1.57. The average molecular weight is 282 g/mol. The van der Waals surface area contributed by atoms with Gasteiger partial charge in [0.1, 0.15) is 5.69 Å². The van der Waals surface area contributed by atoms with Crippen LogP contribution in [0.15, 0.2) is 18.2 Å². The summed E-state index contributed by atoms with van der Waals surface area (Å²) in [5.74, 6) is -0.431. The van der Waals surface area contributed by atoms with Gasteiger partial charge in [-0.05, 0) is 6.07 Å². The van der Waals surface area contributed by atoms with Crippen LogP contribution in [-0.4, -0.2) is 44.2 Å². The number of carbonyl (C=O) groups excluding carboxylic acids is 1. The van der Waals surface area contributed by atoms with E-state index in [-0.39, 0.29) is 16.9 Å². The molecule has 0 heterocycles. The van der Waals surface area contributed by atoms with E-state index in [1.54, 1.807) is 7.11 Å². The number of amides is 1. The van der Waals surface area contributed by atoms with E-state index in [1.165, 1.54) is 18.2 Å². The highest BCUT2D eigenvalue weighted by molar-refractivity contribution is 6.00. The van der Waals surface area contributed by atoms with Crippen LogP contribution in [0.3, 0.4) is 0 Å². The van der Waals surface area contributed by atoms with Crippen LogP contribution in [0.2, 0.25) is 0 Å². The molecule has 0 radical (unpaired) electrons. The van der Waals surface area contributed by atoms with Crippen molar-refractivity contribution in [3.8, 4) is 0 Å². The second-order valence-electron chi connectivity index (χ2n) is 3.99. The Hall–Kier alpha value is -2.19. The van der Waals surface area contributed by atoms with Crippen LogP contribution in [0.5, 0.6) is 0 Å². The minimum Gasteiger partial charge on any atom is -0.393 e. The second kappa shape index (κ2) is 8.08. The van der Waals surface area contributed by atoms with Gasteiger partial charge in [0, 0.05) is 32.8 Å². The zero-order valence-electron chi connectivity index (χ0n) is 11.2. The van der Waals surface area contributed by atoms with E-state index in [0.29, 0.717) is 26.2 Å². The van der Waals surface area contributed by atoms with Crippen molar-refractivity contribution in [2.75, 3.05) is 39.1 Å². The number of hydrogen-bond donors (Lipinski definition) is 3. The number of nitrogen functional groups attached to an aromatic ring is 1. The molecular formula is C12H18N4O4. The van der Waals surface area contributed by atoms with Gasteiger partial charge in [0.15, 0.2) is 0 Å². The van der Waals surface area contributed by atoms with Crippen LogP contribution in [0.1, 0.15) is 10.4 Å². The number of nitrogens with one attached hydrogen (secondary N) is 2. The Morgan fingerprint density at radius 3 is 2.80 bits per heavy atom. The van der Waals surface area contributed by atoms with Gasteiger partial charge in [-0.2, -0.15) is 0 Å². The molecule has 0 aliphatic heterocycles. The smallest absolute Gasteiger partial charge is 0.292 e. The highest BCUT2D eigenvalue weighted by Crippen LogP contribution is 2.24. The molecule has 1 aromatic carbocycles. The molecule has 8 heteroatoms. The summed E-state index contributed by atoms with van der Waals surface area (Å²) in [5.41, 5.74) is 5.34. The molecule has 0 saturated carbocycles. The van der Waals surface area contributed by atoms with E-state index in [9.17, 15) is 14.9 Å². The van der Waals surface area contributed by atoms with Crippen molar-refractivity contribution in [3.05, 3.63) is 33.9 Å². The Kier molecular flexibility index (Phi) is 6.41. The fourth-order valence-corrected chi connectivity index (χ4v) is 1.57. The third kappa shape index (κ3) is 4.48. The summed E-state index contributed by atoms with van der Waals surface area (Å²) in [5, 5.41) is 16.4. The first-order valence-corrected chi connectivity index (χ1v) is 6.08. The molecule has 1 amide bonds. The van der Waals surface area contributed by atoms with Crippen molar-refractivity contribution in [1.82, 2.24) is 10.6 Å². The summed E-state index contributed by atoms with van der Waals surface area (Å²) >= 11 is 0. The maximum absolute atomic E-state index is 11.9. The molecule has 110 valence electrons. The number of methoxy groups -OCH3 is 1. The summed E-state index contributed by atoms with van der Waals surface area (Å²) < 4.78 is 4.86. The molecule has 0 aliphatic carbocycles. The van der Waals surface area contributed by atoms with E-state index in [0.717, 1.165) is 0 Å². The standard InChI is InChI=1S/C12H18N4O4/c1-20-8-7-14-5-6-15-12(17)9-3-2-4-10(11(9)13)16(18)19/h2-4,14H,5-8,13H2,1H3,(H,15,17). The van der Waals surface area contributed by atoms with E-state index < -0.39 is 10.8 Å². The maximum Gasteiger partial charge on any atom is 0.292 e. The molecule has 0 atom stereocenters. The van der Waals surface area contributed by atoms with E-state index in [1.807, 2.05) is 0 Å². The van der Waals surface area contributed by atoms with Crippen LogP contribution in [0, 0.1) is 10.1 Å². The van der Waals surface area contributed by atoms with Crippen molar-refractivity contribution in [3.63, 3.8) is 0 Å². The molecule has 1 rings (SSSR count). The fraction of sp³-hybridized carbons (Fsp3) is 0.417.